The van der Waals surface area contributed by atoms with E-state index in [-0.39, 0.29) is 11.2 Å². The fourth-order valence-corrected chi connectivity index (χ4v) is 7.82. The molecule has 5 nitrogen and oxygen atoms in total. The van der Waals surface area contributed by atoms with Crippen molar-refractivity contribution in [3.05, 3.63) is 64.6 Å². The van der Waals surface area contributed by atoms with Gasteiger partial charge >= 0.3 is 10.1 Å². The molecule has 2 unspecified atom stereocenters. The quantitative estimate of drug-likeness (QED) is 0.330. The number of benzene rings is 1. The Bertz CT molecular complexity index is 1190. The lowest BCUT2D eigenvalue weighted by molar-refractivity contribution is 0.176. The standard InChI is InChI=1S/C24H26N2O3S2/c1-16-7-5-6-8-19(16)20(14-25)21-9-10-22(30-21)26-29-31(27,28)15-24-12-11-18(13-17(24)2)23(24,3)4/h5-10,18H,2,11-13,15H2,1,3-4H3/b21-20+,26-22+. The number of allylic oxidation sites excluding steroid dienone is 3. The van der Waals surface area contributed by atoms with E-state index in [2.05, 4.69) is 31.7 Å². The third-order valence-electron chi connectivity index (χ3n) is 7.37. The van der Waals surface area contributed by atoms with E-state index >= 15 is 0 Å². The molecule has 1 aromatic carbocycles. The van der Waals surface area contributed by atoms with Crippen molar-refractivity contribution in [2.45, 2.75) is 40.0 Å². The van der Waals surface area contributed by atoms with Gasteiger partial charge in [-0.1, -0.05) is 67.2 Å². The molecular formula is C24H26N2O3S2. The van der Waals surface area contributed by atoms with Gasteiger partial charge < -0.3 is 0 Å². The Balaban J connectivity index is 1.51. The zero-order valence-corrected chi connectivity index (χ0v) is 19.6. The first-order valence-corrected chi connectivity index (χ1v) is 12.7. The molecule has 0 amide bonds. The highest BCUT2D eigenvalue weighted by Gasteiger charge is 2.62. The number of aryl methyl sites for hydroxylation is 1. The van der Waals surface area contributed by atoms with Crippen molar-refractivity contribution in [2.24, 2.45) is 21.9 Å². The smallest absolute Gasteiger partial charge is 0.267 e. The highest BCUT2D eigenvalue weighted by Crippen LogP contribution is 2.68. The van der Waals surface area contributed by atoms with Crippen LogP contribution in [0.2, 0.25) is 0 Å². The molecule has 2 atom stereocenters. The van der Waals surface area contributed by atoms with Gasteiger partial charge in [0.25, 0.3) is 0 Å². The van der Waals surface area contributed by atoms with Crippen LogP contribution in [0.25, 0.3) is 5.57 Å². The van der Waals surface area contributed by atoms with Gasteiger partial charge in [0.05, 0.1) is 11.3 Å². The Labute approximate surface area is 188 Å². The monoisotopic (exact) mass is 454 g/mol. The average Bonchev–Trinajstić information content (AvgIpc) is 3.32. The molecule has 1 aromatic rings. The minimum absolute atomic E-state index is 0.0944. The van der Waals surface area contributed by atoms with Gasteiger partial charge in [-0.3, -0.25) is 4.28 Å². The molecular weight excluding hydrogens is 428 g/mol. The molecule has 162 valence electrons. The molecule has 2 bridgehead atoms. The fourth-order valence-electron chi connectivity index (χ4n) is 5.37. The summed E-state index contributed by atoms with van der Waals surface area (Å²) in [6, 6.07) is 9.92. The molecule has 0 saturated heterocycles. The van der Waals surface area contributed by atoms with Crippen molar-refractivity contribution < 1.29 is 12.7 Å². The predicted octanol–water partition coefficient (Wildman–Crippen LogP) is 5.58. The molecule has 0 N–H and O–H groups in total. The predicted molar refractivity (Wildman–Crippen MR) is 125 cm³/mol. The number of nitrogens with zero attached hydrogens (tertiary/aromatic N) is 2. The average molecular weight is 455 g/mol. The van der Waals surface area contributed by atoms with Crippen LogP contribution < -0.4 is 0 Å². The van der Waals surface area contributed by atoms with Crippen LogP contribution in [0.5, 0.6) is 0 Å². The maximum absolute atomic E-state index is 12.8. The summed E-state index contributed by atoms with van der Waals surface area (Å²) in [5, 5.41) is 14.0. The summed E-state index contributed by atoms with van der Waals surface area (Å²) in [5.41, 5.74) is 2.85. The Morgan fingerprint density at radius 1 is 1.35 bits per heavy atom. The van der Waals surface area contributed by atoms with E-state index in [1.807, 2.05) is 31.2 Å². The normalized spacial score (nSPS) is 29.4. The number of oxime groups is 1. The van der Waals surface area contributed by atoms with E-state index < -0.39 is 15.5 Å². The lowest BCUT2D eigenvalue weighted by Gasteiger charge is -2.38. The summed E-state index contributed by atoms with van der Waals surface area (Å²) >= 11 is 1.23. The first-order valence-electron chi connectivity index (χ1n) is 10.3. The van der Waals surface area contributed by atoms with Crippen LogP contribution in [-0.4, -0.2) is 19.2 Å². The van der Waals surface area contributed by atoms with Gasteiger partial charge in [-0.2, -0.15) is 13.7 Å². The molecule has 7 heteroatoms. The van der Waals surface area contributed by atoms with E-state index in [4.69, 9.17) is 4.28 Å². The van der Waals surface area contributed by atoms with Gasteiger partial charge in [-0.15, -0.1) is 0 Å². The number of rotatable bonds is 5. The Morgan fingerprint density at radius 2 is 2.10 bits per heavy atom. The first kappa shape index (κ1) is 21.9. The van der Waals surface area contributed by atoms with Crippen molar-refractivity contribution in [3.63, 3.8) is 0 Å². The fraction of sp³-hybridized carbons (Fsp3) is 0.417. The molecule has 4 rings (SSSR count). The van der Waals surface area contributed by atoms with Crippen molar-refractivity contribution in [1.82, 2.24) is 0 Å². The third kappa shape index (κ3) is 3.66. The molecule has 1 aliphatic heterocycles. The van der Waals surface area contributed by atoms with Crippen LogP contribution >= 0.6 is 11.8 Å². The molecule has 0 spiro atoms. The molecule has 3 aliphatic rings. The number of hydrogen-bond donors (Lipinski definition) is 0. The lowest BCUT2D eigenvalue weighted by atomic mass is 9.69. The summed E-state index contributed by atoms with van der Waals surface area (Å²) in [6.45, 7) is 10.4. The Kier molecular flexibility index (Phi) is 5.43. The molecule has 2 fully saturated rings. The van der Waals surface area contributed by atoms with Crippen molar-refractivity contribution in [3.8, 4) is 6.07 Å². The van der Waals surface area contributed by atoms with Crippen LogP contribution in [-0.2, 0) is 14.4 Å². The minimum atomic E-state index is -3.88. The van der Waals surface area contributed by atoms with Crippen molar-refractivity contribution >= 4 is 32.5 Å². The second kappa shape index (κ2) is 7.68. The summed E-state index contributed by atoms with van der Waals surface area (Å²) in [5.74, 6) is 0.386. The van der Waals surface area contributed by atoms with E-state index in [9.17, 15) is 13.7 Å². The molecule has 31 heavy (non-hydrogen) atoms. The number of fused-ring (bicyclic) bond motifs is 2. The van der Waals surface area contributed by atoms with Gasteiger partial charge in [0.15, 0.2) is 0 Å². The van der Waals surface area contributed by atoms with E-state index in [1.165, 1.54) is 11.8 Å². The number of hydrogen-bond acceptors (Lipinski definition) is 6. The third-order valence-corrected chi connectivity index (χ3v) is 9.50. The zero-order chi connectivity index (χ0) is 22.4. The molecule has 0 radical (unpaired) electrons. The van der Waals surface area contributed by atoms with Gasteiger partial charge in [0.2, 0.25) is 0 Å². The van der Waals surface area contributed by atoms with Crippen LogP contribution in [0.3, 0.4) is 0 Å². The summed E-state index contributed by atoms with van der Waals surface area (Å²) < 4.78 is 30.8. The van der Waals surface area contributed by atoms with Crippen molar-refractivity contribution in [1.29, 1.82) is 5.26 Å². The van der Waals surface area contributed by atoms with E-state index in [0.29, 0.717) is 16.5 Å². The lowest BCUT2D eigenvalue weighted by Crippen LogP contribution is -2.38. The maximum atomic E-state index is 12.8. The maximum Gasteiger partial charge on any atom is 0.329 e. The Hall–Kier alpha value is -2.30. The molecule has 0 aromatic heterocycles. The second-order valence-corrected chi connectivity index (χ2v) is 11.8. The van der Waals surface area contributed by atoms with Crippen LogP contribution in [0.4, 0.5) is 0 Å². The van der Waals surface area contributed by atoms with Gasteiger partial charge in [0, 0.05) is 10.3 Å². The van der Waals surface area contributed by atoms with Crippen LogP contribution in [0.1, 0.15) is 44.2 Å². The highest BCUT2D eigenvalue weighted by molar-refractivity contribution is 8.18. The molecule has 1 heterocycles. The first-order chi connectivity index (χ1) is 14.6. The second-order valence-electron chi connectivity index (χ2n) is 9.15. The van der Waals surface area contributed by atoms with Crippen molar-refractivity contribution in [2.75, 3.05) is 5.75 Å². The van der Waals surface area contributed by atoms with Gasteiger partial charge in [-0.25, -0.2) is 0 Å². The highest BCUT2D eigenvalue weighted by atomic mass is 32.2. The largest absolute Gasteiger partial charge is 0.329 e. The molecule has 2 saturated carbocycles. The van der Waals surface area contributed by atoms with Crippen LogP contribution in [0.15, 0.2) is 58.6 Å². The number of nitriles is 1. The topological polar surface area (TPSA) is 79.5 Å². The van der Waals surface area contributed by atoms with Gasteiger partial charge in [0.1, 0.15) is 11.1 Å². The Morgan fingerprint density at radius 3 is 2.71 bits per heavy atom. The summed E-state index contributed by atoms with van der Waals surface area (Å²) in [6.07, 6.45) is 6.19. The SMILES string of the molecule is C=C1CC2CCC1(CS(=O)(=O)O/N=C1C=C/C(=C(/C#N)c3ccccc3C)S\1)C2(C)C. The van der Waals surface area contributed by atoms with Gasteiger partial charge in [-0.05, 0) is 60.8 Å². The van der Waals surface area contributed by atoms with E-state index in [0.717, 1.165) is 40.9 Å². The summed E-state index contributed by atoms with van der Waals surface area (Å²) in [4.78, 5) is 0.721. The van der Waals surface area contributed by atoms with Crippen LogP contribution in [0, 0.1) is 35.0 Å². The van der Waals surface area contributed by atoms with E-state index in [1.54, 1.807) is 12.2 Å². The zero-order valence-electron chi connectivity index (χ0n) is 18.0. The molecule has 2 aliphatic carbocycles. The number of thioether (sulfide) groups is 1. The summed E-state index contributed by atoms with van der Waals surface area (Å²) in [7, 11) is -3.88. The minimum Gasteiger partial charge on any atom is -0.267 e.